The van der Waals surface area contributed by atoms with E-state index in [2.05, 4.69) is 9.88 Å². The second kappa shape index (κ2) is 5.15. The fourth-order valence-corrected chi connectivity index (χ4v) is 3.29. The highest BCUT2D eigenvalue weighted by molar-refractivity contribution is 5.89. The van der Waals surface area contributed by atoms with Crippen LogP contribution in [0.2, 0.25) is 0 Å². The normalized spacial score (nSPS) is 20.1. The largest absolute Gasteiger partial charge is 0.416 e. The maximum atomic E-state index is 12.9. The van der Waals surface area contributed by atoms with Crippen molar-refractivity contribution in [1.29, 1.82) is 0 Å². The van der Waals surface area contributed by atoms with E-state index in [1.807, 2.05) is 18.5 Å². The molecule has 0 saturated carbocycles. The van der Waals surface area contributed by atoms with Gasteiger partial charge in [-0.3, -0.25) is 4.90 Å². The number of fused-ring (bicyclic) bond motifs is 1. The number of benzene rings is 1. The Morgan fingerprint density at radius 3 is 2.64 bits per heavy atom. The summed E-state index contributed by atoms with van der Waals surface area (Å²) in [5.74, 6) is 0.809. The minimum absolute atomic E-state index is 0.131. The summed E-state index contributed by atoms with van der Waals surface area (Å²) in [7, 11) is 2.02. The fraction of sp³-hybridized carbons (Fsp3) is 0.533. The zero-order valence-corrected chi connectivity index (χ0v) is 12.6. The third-order valence-electron chi connectivity index (χ3n) is 4.36. The second-order valence-corrected chi connectivity index (χ2v) is 5.78. The zero-order valence-electron chi connectivity index (χ0n) is 12.6. The van der Waals surface area contributed by atoms with E-state index in [1.54, 1.807) is 0 Å². The molecule has 2 N–H and O–H groups in total. The lowest BCUT2D eigenvalue weighted by Gasteiger charge is -2.20. The van der Waals surface area contributed by atoms with Crippen LogP contribution in [-0.2, 0) is 12.7 Å². The second-order valence-electron chi connectivity index (χ2n) is 5.78. The van der Waals surface area contributed by atoms with Gasteiger partial charge < -0.3 is 10.3 Å². The van der Waals surface area contributed by atoms with Gasteiger partial charge in [-0.25, -0.2) is 4.98 Å². The summed E-state index contributed by atoms with van der Waals surface area (Å²) < 4.78 is 40.8. The molecule has 7 heteroatoms. The molecule has 0 radical (unpaired) electrons. The highest BCUT2D eigenvalue weighted by Gasteiger charge is 2.33. The van der Waals surface area contributed by atoms with E-state index >= 15 is 0 Å². The lowest BCUT2D eigenvalue weighted by molar-refractivity contribution is -0.137. The molecule has 120 valence electrons. The summed E-state index contributed by atoms with van der Waals surface area (Å²) in [5, 5.41) is 0. The van der Waals surface area contributed by atoms with Crippen molar-refractivity contribution >= 4 is 16.7 Å². The molecule has 1 saturated heterocycles. The lowest BCUT2D eigenvalue weighted by Crippen LogP contribution is -2.21. The number of aromatic nitrogens is 2. The smallest absolute Gasteiger partial charge is 0.397 e. The van der Waals surface area contributed by atoms with Crippen molar-refractivity contribution in [1.82, 2.24) is 14.5 Å². The number of aryl methyl sites for hydroxylation is 1. The van der Waals surface area contributed by atoms with E-state index in [-0.39, 0.29) is 11.7 Å². The van der Waals surface area contributed by atoms with Crippen molar-refractivity contribution in [2.24, 2.45) is 0 Å². The van der Waals surface area contributed by atoms with Gasteiger partial charge in [0, 0.05) is 6.54 Å². The summed E-state index contributed by atoms with van der Waals surface area (Å²) >= 11 is 0. The molecule has 3 rings (SSSR count). The molecule has 0 aliphatic carbocycles. The summed E-state index contributed by atoms with van der Waals surface area (Å²) in [6.45, 7) is 3.56. The average molecular weight is 312 g/mol. The third-order valence-corrected chi connectivity index (χ3v) is 4.36. The first kappa shape index (κ1) is 15.1. The number of nitrogens with two attached hydrogens (primary N) is 1. The lowest BCUT2D eigenvalue weighted by atomic mass is 10.1. The molecule has 1 atom stereocenters. The Morgan fingerprint density at radius 2 is 2.09 bits per heavy atom. The van der Waals surface area contributed by atoms with Gasteiger partial charge in [0.15, 0.2) is 0 Å². The van der Waals surface area contributed by atoms with Crippen LogP contribution in [-0.4, -0.2) is 28.0 Å². The van der Waals surface area contributed by atoms with Crippen molar-refractivity contribution in [3.05, 3.63) is 23.5 Å². The SMILES string of the molecule is CCn1c(C2CCCN2C)nc2cc(C(F)(F)F)cc(N)c21. The molecule has 4 nitrogen and oxygen atoms in total. The van der Waals surface area contributed by atoms with Crippen LogP contribution in [0.15, 0.2) is 12.1 Å². The molecule has 1 fully saturated rings. The molecular weight excluding hydrogens is 293 g/mol. The first-order chi connectivity index (χ1) is 10.3. The van der Waals surface area contributed by atoms with Crippen LogP contribution in [0.25, 0.3) is 11.0 Å². The molecule has 0 bridgehead atoms. The molecule has 1 aromatic heterocycles. The van der Waals surface area contributed by atoms with E-state index in [1.165, 1.54) is 0 Å². The maximum absolute atomic E-state index is 12.9. The van der Waals surface area contributed by atoms with Crippen LogP contribution in [0.3, 0.4) is 0 Å². The molecule has 22 heavy (non-hydrogen) atoms. The van der Waals surface area contributed by atoms with Gasteiger partial charge in [-0.2, -0.15) is 13.2 Å². The Hall–Kier alpha value is -1.76. The van der Waals surface area contributed by atoms with E-state index in [4.69, 9.17) is 5.73 Å². The molecular formula is C15H19F3N4. The van der Waals surface area contributed by atoms with Crippen LogP contribution < -0.4 is 5.73 Å². The predicted octanol–water partition coefficient (Wildman–Crippen LogP) is 3.42. The predicted molar refractivity (Wildman–Crippen MR) is 79.4 cm³/mol. The van der Waals surface area contributed by atoms with Gasteiger partial charge in [-0.1, -0.05) is 0 Å². The Labute approximate surface area is 126 Å². The van der Waals surface area contributed by atoms with Crippen LogP contribution in [0.4, 0.5) is 18.9 Å². The minimum atomic E-state index is -4.41. The molecule has 1 aliphatic heterocycles. The van der Waals surface area contributed by atoms with Gasteiger partial charge in [0.2, 0.25) is 0 Å². The average Bonchev–Trinajstić information content (AvgIpc) is 3.00. The minimum Gasteiger partial charge on any atom is -0.397 e. The molecule has 1 aromatic carbocycles. The van der Waals surface area contributed by atoms with Crippen molar-refractivity contribution in [3.63, 3.8) is 0 Å². The number of anilines is 1. The number of nitrogen functional groups attached to an aromatic ring is 1. The number of imidazole rings is 1. The Balaban J connectivity index is 2.21. The van der Waals surface area contributed by atoms with Gasteiger partial charge >= 0.3 is 6.18 Å². The number of alkyl halides is 3. The molecule has 0 spiro atoms. The molecule has 1 aliphatic rings. The van der Waals surface area contributed by atoms with Crippen molar-refractivity contribution in [3.8, 4) is 0 Å². The van der Waals surface area contributed by atoms with Gasteiger partial charge in [0.25, 0.3) is 0 Å². The van der Waals surface area contributed by atoms with Crippen molar-refractivity contribution in [2.45, 2.75) is 38.5 Å². The summed E-state index contributed by atoms with van der Waals surface area (Å²) in [6, 6.07) is 2.23. The van der Waals surface area contributed by atoms with E-state index in [9.17, 15) is 13.2 Å². The fourth-order valence-electron chi connectivity index (χ4n) is 3.29. The quantitative estimate of drug-likeness (QED) is 0.864. The first-order valence-corrected chi connectivity index (χ1v) is 7.40. The number of rotatable bonds is 2. The molecule has 2 aromatic rings. The number of likely N-dealkylation sites (tertiary alicyclic amines) is 1. The first-order valence-electron chi connectivity index (χ1n) is 7.40. The van der Waals surface area contributed by atoms with E-state index in [0.29, 0.717) is 17.6 Å². The molecule has 2 heterocycles. The summed E-state index contributed by atoms with van der Waals surface area (Å²) in [6.07, 6.45) is -2.38. The van der Waals surface area contributed by atoms with E-state index < -0.39 is 11.7 Å². The van der Waals surface area contributed by atoms with Crippen LogP contribution >= 0.6 is 0 Å². The molecule has 1 unspecified atom stereocenters. The Bertz CT molecular complexity index is 705. The summed E-state index contributed by atoms with van der Waals surface area (Å²) in [4.78, 5) is 6.68. The maximum Gasteiger partial charge on any atom is 0.416 e. The van der Waals surface area contributed by atoms with Crippen LogP contribution in [0.1, 0.15) is 37.2 Å². The Morgan fingerprint density at radius 1 is 1.36 bits per heavy atom. The summed E-state index contributed by atoms with van der Waals surface area (Å²) in [5.41, 5.74) is 6.21. The van der Waals surface area contributed by atoms with Gasteiger partial charge in [-0.15, -0.1) is 0 Å². The van der Waals surface area contributed by atoms with Gasteiger partial charge in [0.05, 0.1) is 28.3 Å². The number of hydrogen-bond donors (Lipinski definition) is 1. The highest BCUT2D eigenvalue weighted by atomic mass is 19.4. The number of nitrogens with zero attached hydrogens (tertiary/aromatic N) is 3. The van der Waals surface area contributed by atoms with Crippen LogP contribution in [0, 0.1) is 0 Å². The van der Waals surface area contributed by atoms with Crippen molar-refractivity contribution in [2.75, 3.05) is 19.3 Å². The van der Waals surface area contributed by atoms with Gasteiger partial charge in [-0.05, 0) is 45.5 Å². The topological polar surface area (TPSA) is 47.1 Å². The van der Waals surface area contributed by atoms with Crippen LogP contribution in [0.5, 0.6) is 0 Å². The monoisotopic (exact) mass is 312 g/mol. The van der Waals surface area contributed by atoms with Crippen molar-refractivity contribution < 1.29 is 13.2 Å². The third kappa shape index (κ3) is 2.33. The Kier molecular flexibility index (Phi) is 3.55. The highest BCUT2D eigenvalue weighted by Crippen LogP contribution is 2.37. The zero-order chi connectivity index (χ0) is 16.1. The van der Waals surface area contributed by atoms with Gasteiger partial charge in [0.1, 0.15) is 5.82 Å². The molecule has 0 amide bonds. The number of halogens is 3. The number of hydrogen-bond acceptors (Lipinski definition) is 3. The van der Waals surface area contributed by atoms with E-state index in [0.717, 1.165) is 37.3 Å². The standard InChI is InChI=1S/C15H19F3N4/c1-3-22-13-10(19)7-9(15(16,17)18)8-11(13)20-14(22)12-5-4-6-21(12)2/h7-8,12H,3-6,19H2,1-2H3.